The molecule has 19 heavy (non-hydrogen) atoms. The molecule has 3 fully saturated rings. The minimum atomic E-state index is -0.937. The molecule has 0 aromatic rings. The summed E-state index contributed by atoms with van der Waals surface area (Å²) in [5, 5.41) is 0. The zero-order valence-corrected chi connectivity index (χ0v) is 12.0. The number of rotatable bonds is 6. The maximum absolute atomic E-state index is 11.4. The molecule has 0 radical (unpaired) electrons. The number of hydrogen-bond acceptors (Lipinski definition) is 4. The van der Waals surface area contributed by atoms with Crippen molar-refractivity contribution < 1.29 is 19.1 Å². The van der Waals surface area contributed by atoms with Crippen LogP contribution >= 0.6 is 23.2 Å². The molecule has 0 saturated heterocycles. The summed E-state index contributed by atoms with van der Waals surface area (Å²) in [4.78, 5) is 22.9. The summed E-state index contributed by atoms with van der Waals surface area (Å²) in [5.41, 5.74) is 0. The second kappa shape index (κ2) is 4.81. The highest BCUT2D eigenvalue weighted by molar-refractivity contribution is 6.51. The van der Waals surface area contributed by atoms with E-state index in [-0.39, 0.29) is 48.8 Å². The summed E-state index contributed by atoms with van der Waals surface area (Å²) < 4.78 is 9.41. The lowest BCUT2D eigenvalue weighted by atomic mass is 10.3. The average molecular weight is 307 g/mol. The van der Waals surface area contributed by atoms with E-state index in [1.165, 1.54) is 0 Å². The Hall–Kier alpha value is -0.480. The van der Waals surface area contributed by atoms with Crippen molar-refractivity contribution >= 4 is 35.1 Å². The second-order valence-corrected chi connectivity index (χ2v) is 7.14. The fourth-order valence-electron chi connectivity index (χ4n) is 2.13. The van der Waals surface area contributed by atoms with E-state index in [0.717, 1.165) is 25.7 Å². The van der Waals surface area contributed by atoms with Crippen molar-refractivity contribution in [3.63, 3.8) is 0 Å². The maximum atomic E-state index is 11.4. The molecule has 0 aromatic carbocycles. The van der Waals surface area contributed by atoms with E-state index in [1.54, 1.807) is 0 Å². The third kappa shape index (κ3) is 3.00. The van der Waals surface area contributed by atoms with E-state index >= 15 is 0 Å². The minimum absolute atomic E-state index is 0.0740. The third-order valence-electron chi connectivity index (χ3n) is 4.00. The molecule has 0 heterocycles. The van der Waals surface area contributed by atoms with E-state index in [9.17, 15) is 9.59 Å². The van der Waals surface area contributed by atoms with Crippen molar-refractivity contribution in [1.82, 2.24) is 0 Å². The zero-order chi connectivity index (χ0) is 13.6. The average Bonchev–Trinajstić information content (AvgIpc) is 3.22. The van der Waals surface area contributed by atoms with Crippen LogP contribution < -0.4 is 0 Å². The van der Waals surface area contributed by atoms with E-state index in [2.05, 4.69) is 0 Å². The lowest BCUT2D eigenvalue weighted by Crippen LogP contribution is -2.12. The number of carbonyl (C=O) groups excluding carboxylic acids is 2. The number of halogens is 2. The standard InChI is InChI=1S/C13H16Cl2O4/c14-13(15)9(5-18-11(16)7-1-2-7)10(13)6-19-12(17)8-3-4-8/h7-10H,1-6H2/t9-,10-/m1/s1. The monoisotopic (exact) mass is 306 g/mol. The number of esters is 2. The molecule has 4 nitrogen and oxygen atoms in total. The van der Waals surface area contributed by atoms with Gasteiger partial charge >= 0.3 is 11.9 Å². The molecule has 0 unspecified atom stereocenters. The van der Waals surface area contributed by atoms with E-state index in [1.807, 2.05) is 0 Å². The van der Waals surface area contributed by atoms with Gasteiger partial charge in [-0.3, -0.25) is 9.59 Å². The quantitative estimate of drug-likeness (QED) is 0.558. The smallest absolute Gasteiger partial charge is 0.308 e. The molecule has 0 bridgehead atoms. The van der Waals surface area contributed by atoms with Crippen LogP contribution in [0.15, 0.2) is 0 Å². The number of hydrogen-bond donors (Lipinski definition) is 0. The van der Waals surface area contributed by atoms with Crippen LogP contribution in [0.4, 0.5) is 0 Å². The van der Waals surface area contributed by atoms with Crippen molar-refractivity contribution in [2.24, 2.45) is 23.7 Å². The summed E-state index contributed by atoms with van der Waals surface area (Å²) in [7, 11) is 0. The van der Waals surface area contributed by atoms with Crippen LogP contribution in [0.1, 0.15) is 25.7 Å². The Morgan fingerprint density at radius 1 is 0.895 bits per heavy atom. The predicted octanol–water partition coefficient (Wildman–Crippen LogP) is 2.31. The Morgan fingerprint density at radius 3 is 1.58 bits per heavy atom. The summed E-state index contributed by atoms with van der Waals surface area (Å²) >= 11 is 12.2. The van der Waals surface area contributed by atoms with Crippen molar-refractivity contribution in [3.05, 3.63) is 0 Å². The van der Waals surface area contributed by atoms with Crippen LogP contribution in [0.2, 0.25) is 0 Å². The minimum Gasteiger partial charge on any atom is -0.465 e. The Labute approximate surface area is 121 Å². The first-order chi connectivity index (χ1) is 9.00. The first-order valence-corrected chi connectivity index (χ1v) is 7.47. The van der Waals surface area contributed by atoms with Gasteiger partial charge in [-0.1, -0.05) is 0 Å². The van der Waals surface area contributed by atoms with Crippen LogP contribution in [0.3, 0.4) is 0 Å². The van der Waals surface area contributed by atoms with Gasteiger partial charge in [-0.05, 0) is 25.7 Å². The van der Waals surface area contributed by atoms with Crippen LogP contribution in [0.25, 0.3) is 0 Å². The highest BCUT2D eigenvalue weighted by Crippen LogP contribution is 2.59. The zero-order valence-electron chi connectivity index (χ0n) is 10.4. The summed E-state index contributed by atoms with van der Waals surface area (Å²) in [5.74, 6) is -0.444. The first kappa shape index (κ1) is 13.5. The predicted molar refractivity (Wildman–Crippen MR) is 68.8 cm³/mol. The molecule has 3 aliphatic carbocycles. The summed E-state index contributed by atoms with van der Waals surface area (Å²) in [6, 6.07) is 0. The highest BCUT2D eigenvalue weighted by Gasteiger charge is 2.64. The number of carbonyl (C=O) groups is 2. The lowest BCUT2D eigenvalue weighted by Gasteiger charge is -2.03. The Balaban J connectivity index is 1.40. The molecule has 0 N–H and O–H groups in total. The summed E-state index contributed by atoms with van der Waals surface area (Å²) in [6.07, 6.45) is 3.66. The molecule has 0 aromatic heterocycles. The van der Waals surface area contributed by atoms with Gasteiger partial charge in [0.25, 0.3) is 0 Å². The van der Waals surface area contributed by atoms with Crippen LogP contribution in [0, 0.1) is 23.7 Å². The van der Waals surface area contributed by atoms with Crippen molar-refractivity contribution in [2.75, 3.05) is 13.2 Å². The van der Waals surface area contributed by atoms with Gasteiger partial charge in [-0.2, -0.15) is 0 Å². The van der Waals surface area contributed by atoms with Gasteiger partial charge < -0.3 is 9.47 Å². The van der Waals surface area contributed by atoms with Gasteiger partial charge in [0.05, 0.1) is 25.0 Å². The summed E-state index contributed by atoms with van der Waals surface area (Å²) in [6.45, 7) is 0.432. The normalized spacial score (nSPS) is 31.7. The van der Waals surface area contributed by atoms with Gasteiger partial charge in [-0.25, -0.2) is 0 Å². The molecular formula is C13H16Cl2O4. The molecule has 3 aliphatic rings. The fourth-order valence-corrected chi connectivity index (χ4v) is 2.87. The fraction of sp³-hybridized carbons (Fsp3) is 0.846. The van der Waals surface area contributed by atoms with Crippen molar-refractivity contribution in [3.8, 4) is 0 Å². The van der Waals surface area contributed by atoms with Gasteiger partial charge in [0.15, 0.2) is 0 Å². The molecule has 3 rings (SSSR count). The highest BCUT2D eigenvalue weighted by atomic mass is 35.5. The number of ether oxygens (including phenoxy) is 2. The van der Waals surface area contributed by atoms with E-state index in [0.29, 0.717) is 0 Å². The van der Waals surface area contributed by atoms with Crippen LogP contribution in [-0.4, -0.2) is 29.5 Å². The molecule has 0 amide bonds. The van der Waals surface area contributed by atoms with Crippen molar-refractivity contribution in [2.45, 2.75) is 30.0 Å². The van der Waals surface area contributed by atoms with Crippen LogP contribution in [0.5, 0.6) is 0 Å². The Kier molecular flexibility index (Phi) is 3.42. The van der Waals surface area contributed by atoms with E-state index in [4.69, 9.17) is 32.7 Å². The molecule has 3 saturated carbocycles. The molecule has 0 spiro atoms. The van der Waals surface area contributed by atoms with Gasteiger partial charge in [0.1, 0.15) is 4.33 Å². The van der Waals surface area contributed by atoms with Gasteiger partial charge in [0.2, 0.25) is 0 Å². The number of alkyl halides is 2. The Morgan fingerprint density at radius 2 is 1.26 bits per heavy atom. The topological polar surface area (TPSA) is 52.6 Å². The van der Waals surface area contributed by atoms with Crippen molar-refractivity contribution in [1.29, 1.82) is 0 Å². The maximum Gasteiger partial charge on any atom is 0.308 e. The molecular weight excluding hydrogens is 291 g/mol. The second-order valence-electron chi connectivity index (χ2n) is 5.70. The largest absolute Gasteiger partial charge is 0.465 e. The van der Waals surface area contributed by atoms with Gasteiger partial charge in [-0.15, -0.1) is 23.2 Å². The SMILES string of the molecule is O=C(OC[C@@H]1[C@@H](COC(=O)C2CC2)C1(Cl)Cl)C1CC1. The van der Waals surface area contributed by atoms with Crippen LogP contribution in [-0.2, 0) is 19.1 Å². The molecule has 6 heteroatoms. The molecule has 106 valence electrons. The third-order valence-corrected chi connectivity index (χ3v) is 5.12. The lowest BCUT2D eigenvalue weighted by molar-refractivity contribution is -0.148. The molecule has 0 aliphatic heterocycles. The molecule has 2 atom stereocenters. The van der Waals surface area contributed by atoms with E-state index < -0.39 is 4.33 Å². The first-order valence-electron chi connectivity index (χ1n) is 6.71. The van der Waals surface area contributed by atoms with Gasteiger partial charge in [0, 0.05) is 11.8 Å². The Bertz CT molecular complexity index is 365.